The average molecular weight is 270 g/mol. The molecular weight excluding hydrogens is 254 g/mol. The molecule has 0 aliphatic rings. The van der Waals surface area contributed by atoms with Crippen LogP contribution in [-0.2, 0) is 6.54 Å². The molecular formula is C13H16ClNOS. The van der Waals surface area contributed by atoms with E-state index in [9.17, 15) is 0 Å². The first-order valence-electron chi connectivity index (χ1n) is 5.32. The maximum Gasteiger partial charge on any atom is 0.137 e. The maximum absolute atomic E-state index is 6.03. The van der Waals surface area contributed by atoms with E-state index in [4.69, 9.17) is 22.8 Å². The third-order valence-electron chi connectivity index (χ3n) is 2.15. The van der Waals surface area contributed by atoms with Crippen molar-refractivity contribution >= 4 is 23.4 Å². The standard InChI is InChI=1S/C13H16ClNOS/c1-3-7-17-8-6-15-10-11-4-5-13(16-2)12(14)9-11/h1,4-5,9,15H,6-8,10H2,2H3. The molecule has 0 spiro atoms. The number of terminal acetylenes is 1. The zero-order valence-corrected chi connectivity index (χ0v) is 11.4. The van der Waals surface area contributed by atoms with E-state index in [0.717, 1.165) is 30.2 Å². The Balaban J connectivity index is 2.28. The van der Waals surface area contributed by atoms with Crippen molar-refractivity contribution in [3.8, 4) is 18.1 Å². The molecule has 0 aliphatic heterocycles. The van der Waals surface area contributed by atoms with E-state index < -0.39 is 0 Å². The number of ether oxygens (including phenoxy) is 1. The van der Waals surface area contributed by atoms with Crippen LogP contribution in [0.2, 0.25) is 5.02 Å². The van der Waals surface area contributed by atoms with Gasteiger partial charge in [0.05, 0.1) is 17.9 Å². The maximum atomic E-state index is 6.03. The molecule has 4 heteroatoms. The highest BCUT2D eigenvalue weighted by Crippen LogP contribution is 2.24. The number of hydrogen-bond donors (Lipinski definition) is 1. The van der Waals surface area contributed by atoms with Crippen molar-refractivity contribution in [1.29, 1.82) is 0 Å². The molecule has 2 nitrogen and oxygen atoms in total. The lowest BCUT2D eigenvalue weighted by Crippen LogP contribution is -2.16. The lowest BCUT2D eigenvalue weighted by molar-refractivity contribution is 0.415. The SMILES string of the molecule is C#CCSCCNCc1ccc(OC)c(Cl)c1. The van der Waals surface area contributed by atoms with Crippen LogP contribution in [0.3, 0.4) is 0 Å². The van der Waals surface area contributed by atoms with Gasteiger partial charge >= 0.3 is 0 Å². The largest absolute Gasteiger partial charge is 0.495 e. The number of rotatable bonds is 7. The average Bonchev–Trinajstić information content (AvgIpc) is 2.34. The Bertz CT molecular complexity index is 389. The third-order valence-corrected chi connectivity index (χ3v) is 3.31. The van der Waals surface area contributed by atoms with Gasteiger partial charge in [-0.3, -0.25) is 0 Å². The van der Waals surface area contributed by atoms with Gasteiger partial charge in [-0.25, -0.2) is 0 Å². The first-order chi connectivity index (χ1) is 8.27. The molecule has 0 bridgehead atoms. The summed E-state index contributed by atoms with van der Waals surface area (Å²) in [5.74, 6) is 5.10. The Labute approximate surface area is 112 Å². The van der Waals surface area contributed by atoms with E-state index in [0.29, 0.717) is 10.8 Å². The molecule has 0 aromatic heterocycles. The van der Waals surface area contributed by atoms with Gasteiger partial charge in [0.25, 0.3) is 0 Å². The summed E-state index contributed by atoms with van der Waals surface area (Å²) >= 11 is 7.78. The summed E-state index contributed by atoms with van der Waals surface area (Å²) in [5.41, 5.74) is 1.15. The van der Waals surface area contributed by atoms with Crippen LogP contribution in [0.25, 0.3) is 0 Å². The Morgan fingerprint density at radius 2 is 2.35 bits per heavy atom. The van der Waals surface area contributed by atoms with Crippen molar-refractivity contribution < 1.29 is 4.74 Å². The van der Waals surface area contributed by atoms with E-state index in [2.05, 4.69) is 11.2 Å². The van der Waals surface area contributed by atoms with Crippen LogP contribution in [0.5, 0.6) is 5.75 Å². The number of benzene rings is 1. The van der Waals surface area contributed by atoms with Crippen molar-refractivity contribution in [2.45, 2.75) is 6.54 Å². The second-order valence-corrected chi connectivity index (χ2v) is 4.91. The Morgan fingerprint density at radius 3 is 3.00 bits per heavy atom. The highest BCUT2D eigenvalue weighted by Gasteiger charge is 2.01. The Kier molecular flexibility index (Phi) is 6.95. The van der Waals surface area contributed by atoms with Gasteiger partial charge in [0.1, 0.15) is 5.75 Å². The minimum atomic E-state index is 0.647. The molecule has 0 atom stereocenters. The quantitative estimate of drug-likeness (QED) is 0.608. The summed E-state index contributed by atoms with van der Waals surface area (Å²) in [6.07, 6.45) is 5.16. The topological polar surface area (TPSA) is 21.3 Å². The van der Waals surface area contributed by atoms with Crippen LogP contribution in [0.4, 0.5) is 0 Å². The molecule has 1 aromatic carbocycles. The van der Waals surface area contributed by atoms with E-state index in [-0.39, 0.29) is 0 Å². The van der Waals surface area contributed by atoms with Gasteiger partial charge in [-0.05, 0) is 17.7 Å². The van der Waals surface area contributed by atoms with Gasteiger partial charge in [0.2, 0.25) is 0 Å². The molecule has 1 aromatic rings. The second kappa shape index (κ2) is 8.30. The van der Waals surface area contributed by atoms with Crippen molar-refractivity contribution in [1.82, 2.24) is 5.32 Å². The van der Waals surface area contributed by atoms with Crippen LogP contribution >= 0.6 is 23.4 Å². The van der Waals surface area contributed by atoms with Gasteiger partial charge < -0.3 is 10.1 Å². The fourth-order valence-electron chi connectivity index (χ4n) is 1.33. The van der Waals surface area contributed by atoms with Crippen molar-refractivity contribution in [3.05, 3.63) is 28.8 Å². The van der Waals surface area contributed by atoms with E-state index in [1.807, 2.05) is 18.2 Å². The fraction of sp³-hybridized carbons (Fsp3) is 0.385. The van der Waals surface area contributed by atoms with Crippen LogP contribution in [0.1, 0.15) is 5.56 Å². The molecule has 0 saturated heterocycles. The number of thioether (sulfide) groups is 1. The first kappa shape index (κ1) is 14.2. The number of hydrogen-bond acceptors (Lipinski definition) is 3. The summed E-state index contributed by atoms with van der Waals surface area (Å²) in [4.78, 5) is 0. The molecule has 0 fully saturated rings. The number of methoxy groups -OCH3 is 1. The molecule has 1 rings (SSSR count). The van der Waals surface area contributed by atoms with Crippen LogP contribution < -0.4 is 10.1 Å². The highest BCUT2D eigenvalue weighted by molar-refractivity contribution is 7.99. The van der Waals surface area contributed by atoms with E-state index in [1.165, 1.54) is 0 Å². The van der Waals surface area contributed by atoms with Gasteiger partial charge in [0, 0.05) is 18.8 Å². The summed E-state index contributed by atoms with van der Waals surface area (Å²) in [6, 6.07) is 5.81. The predicted molar refractivity (Wildman–Crippen MR) is 75.9 cm³/mol. The minimum Gasteiger partial charge on any atom is -0.495 e. The van der Waals surface area contributed by atoms with Crippen LogP contribution in [-0.4, -0.2) is 25.2 Å². The smallest absolute Gasteiger partial charge is 0.137 e. The minimum absolute atomic E-state index is 0.647. The molecule has 0 aliphatic carbocycles. The monoisotopic (exact) mass is 269 g/mol. The molecule has 0 heterocycles. The predicted octanol–water partition coefficient (Wildman–Crippen LogP) is 2.80. The molecule has 92 valence electrons. The lowest BCUT2D eigenvalue weighted by Gasteiger charge is -2.07. The normalized spacial score (nSPS) is 9.94. The zero-order chi connectivity index (χ0) is 12.5. The summed E-state index contributed by atoms with van der Waals surface area (Å²) < 4.78 is 5.10. The van der Waals surface area contributed by atoms with Gasteiger partial charge in [-0.2, -0.15) is 0 Å². The van der Waals surface area contributed by atoms with Crippen LogP contribution in [0.15, 0.2) is 18.2 Å². The van der Waals surface area contributed by atoms with E-state index >= 15 is 0 Å². The van der Waals surface area contributed by atoms with Crippen molar-refractivity contribution in [2.75, 3.05) is 25.2 Å². The van der Waals surface area contributed by atoms with E-state index in [1.54, 1.807) is 18.9 Å². The fourth-order valence-corrected chi connectivity index (χ4v) is 2.16. The molecule has 0 radical (unpaired) electrons. The molecule has 0 saturated carbocycles. The first-order valence-corrected chi connectivity index (χ1v) is 6.85. The van der Waals surface area contributed by atoms with Gasteiger partial charge in [0.15, 0.2) is 0 Å². The van der Waals surface area contributed by atoms with Gasteiger partial charge in [-0.15, -0.1) is 18.2 Å². The second-order valence-electron chi connectivity index (χ2n) is 3.40. The number of halogens is 1. The van der Waals surface area contributed by atoms with Crippen molar-refractivity contribution in [3.63, 3.8) is 0 Å². The Morgan fingerprint density at radius 1 is 1.53 bits per heavy atom. The van der Waals surface area contributed by atoms with Crippen molar-refractivity contribution in [2.24, 2.45) is 0 Å². The lowest BCUT2D eigenvalue weighted by atomic mass is 10.2. The molecule has 0 amide bonds. The zero-order valence-electron chi connectivity index (χ0n) is 9.83. The summed E-state index contributed by atoms with van der Waals surface area (Å²) in [6.45, 7) is 1.75. The highest BCUT2D eigenvalue weighted by atomic mass is 35.5. The molecule has 17 heavy (non-hydrogen) atoms. The number of nitrogens with one attached hydrogen (secondary N) is 1. The third kappa shape index (κ3) is 5.36. The molecule has 1 N–H and O–H groups in total. The van der Waals surface area contributed by atoms with Gasteiger partial charge in [-0.1, -0.05) is 23.6 Å². The van der Waals surface area contributed by atoms with Crippen LogP contribution in [0, 0.1) is 12.3 Å². The summed E-state index contributed by atoms with van der Waals surface area (Å²) in [5, 5.41) is 3.98. The Hall–Kier alpha value is -0.820. The summed E-state index contributed by atoms with van der Waals surface area (Å²) in [7, 11) is 1.61. The molecule has 0 unspecified atom stereocenters.